The number of H-pyrrole nitrogens is 1. The number of aryl methyl sites for hydroxylation is 1. The highest BCUT2D eigenvalue weighted by Gasteiger charge is 2.16. The van der Waals surface area contributed by atoms with Crippen molar-refractivity contribution in [2.45, 2.75) is 26.4 Å². The Bertz CT molecular complexity index is 1050. The van der Waals surface area contributed by atoms with Crippen molar-refractivity contribution in [2.75, 3.05) is 0 Å². The van der Waals surface area contributed by atoms with E-state index in [4.69, 9.17) is 12.2 Å². The standard InChI is InChI=1S/C13H17N7O2S/c1-4-5-20-8(15-16-12(20)23)6-19-7-14-10-9(19)11(21)18(3)13(22)17(10)2/h7H,4-6H2,1-3H3,(H,16,23). The molecule has 0 aliphatic carbocycles. The maximum atomic E-state index is 12.4. The van der Waals surface area contributed by atoms with Gasteiger partial charge in [-0.15, -0.1) is 0 Å². The smallest absolute Gasteiger partial charge is 0.317 e. The Kier molecular flexibility index (Phi) is 3.76. The lowest BCUT2D eigenvalue weighted by molar-refractivity contribution is 0.609. The molecule has 0 amide bonds. The number of hydrogen-bond donors (Lipinski definition) is 1. The van der Waals surface area contributed by atoms with Gasteiger partial charge in [0.25, 0.3) is 5.56 Å². The van der Waals surface area contributed by atoms with E-state index in [9.17, 15) is 9.59 Å². The van der Waals surface area contributed by atoms with Crippen LogP contribution in [-0.2, 0) is 27.2 Å². The lowest BCUT2D eigenvalue weighted by atomic mass is 10.4. The maximum Gasteiger partial charge on any atom is 0.332 e. The molecule has 3 aromatic rings. The molecule has 3 rings (SSSR count). The molecule has 0 atom stereocenters. The first-order valence-electron chi connectivity index (χ1n) is 7.20. The van der Waals surface area contributed by atoms with Crippen LogP contribution in [0.4, 0.5) is 0 Å². The fourth-order valence-corrected chi connectivity index (χ4v) is 2.84. The summed E-state index contributed by atoms with van der Waals surface area (Å²) in [5.41, 5.74) is -0.0565. The number of aromatic nitrogens is 7. The molecule has 0 bridgehead atoms. The lowest BCUT2D eigenvalue weighted by Gasteiger charge is -2.08. The molecule has 0 saturated heterocycles. The Labute approximate surface area is 135 Å². The average molecular weight is 335 g/mol. The molecule has 10 heteroatoms. The molecule has 9 nitrogen and oxygen atoms in total. The van der Waals surface area contributed by atoms with Crippen molar-refractivity contribution in [3.63, 3.8) is 0 Å². The zero-order valence-electron chi connectivity index (χ0n) is 13.1. The van der Waals surface area contributed by atoms with Crippen LogP contribution < -0.4 is 11.2 Å². The monoisotopic (exact) mass is 335 g/mol. The van der Waals surface area contributed by atoms with Gasteiger partial charge in [0, 0.05) is 20.6 Å². The topological polar surface area (TPSA) is 95.4 Å². The average Bonchev–Trinajstić information content (AvgIpc) is 3.10. The van der Waals surface area contributed by atoms with Crippen LogP contribution in [0.2, 0.25) is 0 Å². The summed E-state index contributed by atoms with van der Waals surface area (Å²) >= 11 is 5.22. The van der Waals surface area contributed by atoms with Crippen molar-refractivity contribution < 1.29 is 0 Å². The Hall–Kier alpha value is -2.49. The van der Waals surface area contributed by atoms with E-state index >= 15 is 0 Å². The molecular weight excluding hydrogens is 318 g/mol. The van der Waals surface area contributed by atoms with Gasteiger partial charge in [0.05, 0.1) is 12.9 Å². The van der Waals surface area contributed by atoms with Crippen LogP contribution in [0, 0.1) is 4.77 Å². The van der Waals surface area contributed by atoms with Crippen LogP contribution in [-0.4, -0.2) is 33.4 Å². The van der Waals surface area contributed by atoms with Gasteiger partial charge in [-0.1, -0.05) is 6.92 Å². The summed E-state index contributed by atoms with van der Waals surface area (Å²) in [7, 11) is 3.04. The van der Waals surface area contributed by atoms with Crippen molar-refractivity contribution in [1.82, 2.24) is 33.4 Å². The zero-order chi connectivity index (χ0) is 16.7. The molecule has 122 valence electrons. The summed E-state index contributed by atoms with van der Waals surface area (Å²) in [5, 5.41) is 7.00. The quantitative estimate of drug-likeness (QED) is 0.685. The number of nitrogens with zero attached hydrogens (tertiary/aromatic N) is 6. The third-order valence-corrected chi connectivity index (χ3v) is 4.13. The first-order valence-corrected chi connectivity index (χ1v) is 7.61. The van der Waals surface area contributed by atoms with Gasteiger partial charge in [-0.05, 0) is 18.6 Å². The highest BCUT2D eigenvalue weighted by Crippen LogP contribution is 2.09. The van der Waals surface area contributed by atoms with E-state index < -0.39 is 5.69 Å². The van der Waals surface area contributed by atoms with E-state index in [1.165, 1.54) is 11.6 Å². The summed E-state index contributed by atoms with van der Waals surface area (Å²) in [6.07, 6.45) is 2.46. The summed E-state index contributed by atoms with van der Waals surface area (Å²) in [4.78, 5) is 28.6. The van der Waals surface area contributed by atoms with Gasteiger partial charge in [0.15, 0.2) is 21.8 Å². The summed E-state index contributed by atoms with van der Waals surface area (Å²) in [6.45, 7) is 3.14. The van der Waals surface area contributed by atoms with Crippen molar-refractivity contribution in [1.29, 1.82) is 0 Å². The molecule has 0 saturated carbocycles. The maximum absolute atomic E-state index is 12.4. The summed E-state index contributed by atoms with van der Waals surface area (Å²) < 4.78 is 6.56. The summed E-state index contributed by atoms with van der Waals surface area (Å²) in [6, 6.07) is 0. The normalized spacial score (nSPS) is 11.4. The van der Waals surface area contributed by atoms with Gasteiger partial charge in [-0.3, -0.25) is 19.0 Å². The fraction of sp³-hybridized carbons (Fsp3) is 0.462. The van der Waals surface area contributed by atoms with Crippen LogP contribution in [0.15, 0.2) is 15.9 Å². The van der Waals surface area contributed by atoms with Crippen molar-refractivity contribution in [3.05, 3.63) is 37.8 Å². The Balaban J connectivity index is 2.18. The minimum atomic E-state index is -0.401. The van der Waals surface area contributed by atoms with E-state index in [1.54, 1.807) is 17.9 Å². The first-order chi connectivity index (χ1) is 11.0. The fourth-order valence-electron chi connectivity index (χ4n) is 2.59. The van der Waals surface area contributed by atoms with Gasteiger partial charge in [0.2, 0.25) is 0 Å². The van der Waals surface area contributed by atoms with Gasteiger partial charge >= 0.3 is 5.69 Å². The Morgan fingerprint density at radius 3 is 2.70 bits per heavy atom. The van der Waals surface area contributed by atoms with Gasteiger partial charge in [-0.25, -0.2) is 9.78 Å². The molecule has 0 radical (unpaired) electrons. The highest BCUT2D eigenvalue weighted by atomic mass is 32.1. The molecule has 0 aromatic carbocycles. The van der Waals surface area contributed by atoms with E-state index in [0.29, 0.717) is 28.3 Å². The number of rotatable bonds is 4. The van der Waals surface area contributed by atoms with Crippen molar-refractivity contribution >= 4 is 23.4 Å². The number of fused-ring (bicyclic) bond motifs is 1. The van der Waals surface area contributed by atoms with Crippen molar-refractivity contribution in [2.24, 2.45) is 14.1 Å². The largest absolute Gasteiger partial charge is 0.332 e. The molecule has 3 aromatic heterocycles. The van der Waals surface area contributed by atoms with E-state index in [1.807, 2.05) is 4.57 Å². The van der Waals surface area contributed by atoms with Gasteiger partial charge in [0.1, 0.15) is 0 Å². The summed E-state index contributed by atoms with van der Waals surface area (Å²) in [5.74, 6) is 0.715. The molecule has 0 aliphatic heterocycles. The van der Waals surface area contributed by atoms with Crippen LogP contribution in [0.25, 0.3) is 11.2 Å². The second-order valence-corrected chi connectivity index (χ2v) is 5.73. The zero-order valence-corrected chi connectivity index (χ0v) is 13.9. The van der Waals surface area contributed by atoms with Gasteiger partial charge in [-0.2, -0.15) is 5.10 Å². The molecule has 0 fully saturated rings. The Morgan fingerprint density at radius 1 is 1.26 bits per heavy atom. The highest BCUT2D eigenvalue weighted by molar-refractivity contribution is 7.71. The van der Waals surface area contributed by atoms with E-state index in [0.717, 1.165) is 17.5 Å². The van der Waals surface area contributed by atoms with Crippen LogP contribution >= 0.6 is 12.2 Å². The molecule has 0 aliphatic rings. The molecule has 0 unspecified atom stereocenters. The minimum absolute atomic E-state index is 0.344. The predicted molar refractivity (Wildman–Crippen MR) is 87.0 cm³/mol. The molecule has 0 spiro atoms. The minimum Gasteiger partial charge on any atom is -0.317 e. The molecule has 3 heterocycles. The predicted octanol–water partition coefficient (Wildman–Crippen LogP) is 0.146. The van der Waals surface area contributed by atoms with E-state index in [2.05, 4.69) is 22.1 Å². The van der Waals surface area contributed by atoms with E-state index in [-0.39, 0.29) is 5.56 Å². The van der Waals surface area contributed by atoms with Crippen LogP contribution in [0.3, 0.4) is 0 Å². The SMILES string of the molecule is CCCn1c(Cn2cnc3c2c(=O)n(C)c(=O)n3C)n[nH]c1=S. The second kappa shape index (κ2) is 5.61. The molecule has 23 heavy (non-hydrogen) atoms. The Morgan fingerprint density at radius 2 is 2.00 bits per heavy atom. The van der Waals surface area contributed by atoms with Crippen LogP contribution in [0.5, 0.6) is 0 Å². The van der Waals surface area contributed by atoms with Crippen molar-refractivity contribution in [3.8, 4) is 0 Å². The number of hydrogen-bond acceptors (Lipinski definition) is 5. The molecule has 1 N–H and O–H groups in total. The van der Waals surface area contributed by atoms with Gasteiger partial charge < -0.3 is 9.13 Å². The third kappa shape index (κ3) is 2.34. The number of aromatic amines is 1. The number of imidazole rings is 1. The number of nitrogens with one attached hydrogen (secondary N) is 1. The lowest BCUT2D eigenvalue weighted by Crippen LogP contribution is -2.37. The second-order valence-electron chi connectivity index (χ2n) is 5.35. The van der Waals surface area contributed by atoms with Crippen LogP contribution in [0.1, 0.15) is 19.2 Å². The first kappa shape index (κ1) is 15.4. The molecular formula is C13H17N7O2S. The third-order valence-electron chi connectivity index (χ3n) is 3.81.